The monoisotopic (exact) mass is 466 g/mol. The first-order valence-electron chi connectivity index (χ1n) is 8.69. The van der Waals surface area contributed by atoms with Gasteiger partial charge in [0.2, 0.25) is 0 Å². The van der Waals surface area contributed by atoms with Crippen LogP contribution < -0.4 is 0 Å². The van der Waals surface area contributed by atoms with Crippen LogP contribution in [-0.4, -0.2) is 27.2 Å². The number of halogens is 1. The summed E-state index contributed by atoms with van der Waals surface area (Å²) in [6.45, 7) is 0.289. The first kappa shape index (κ1) is 19.4. The zero-order valence-corrected chi connectivity index (χ0v) is 17.5. The molecule has 0 radical (unpaired) electrons. The van der Waals surface area contributed by atoms with Crippen LogP contribution in [0.3, 0.4) is 0 Å². The van der Waals surface area contributed by atoms with Crippen LogP contribution in [0.4, 0.5) is 0 Å². The number of aromatic nitrogens is 1. The van der Waals surface area contributed by atoms with Gasteiger partial charge in [-0.3, -0.25) is 14.7 Å². The van der Waals surface area contributed by atoms with E-state index in [0.717, 1.165) is 15.6 Å². The van der Waals surface area contributed by atoms with Crippen molar-refractivity contribution in [2.24, 2.45) is 10.2 Å². The fourth-order valence-electron chi connectivity index (χ4n) is 2.59. The summed E-state index contributed by atoms with van der Waals surface area (Å²) in [7, 11) is 0. The molecule has 0 aliphatic carbocycles. The van der Waals surface area contributed by atoms with E-state index in [4.69, 9.17) is 4.42 Å². The first-order chi connectivity index (χ1) is 14.2. The maximum Gasteiger partial charge on any atom is 0.267 e. The second-order valence-electron chi connectivity index (χ2n) is 6.05. The maximum atomic E-state index is 13.0. The highest BCUT2D eigenvalue weighted by Gasteiger charge is 2.34. The molecule has 29 heavy (non-hydrogen) atoms. The van der Waals surface area contributed by atoms with Gasteiger partial charge in [-0.05, 0) is 53.7 Å². The maximum absolute atomic E-state index is 13.0. The van der Waals surface area contributed by atoms with Gasteiger partial charge in [-0.15, -0.1) is 5.10 Å². The van der Waals surface area contributed by atoms with Crippen molar-refractivity contribution in [2.75, 3.05) is 0 Å². The quantitative estimate of drug-likeness (QED) is 0.303. The number of amidine groups is 1. The SMILES string of the molecule is O=C1/C(=C/c2ccc(Br)cc2)S/C(=N/N=C\c2cccnc2)N1Cc1ccco1. The van der Waals surface area contributed by atoms with E-state index in [0.29, 0.717) is 15.8 Å². The molecule has 0 atom stereocenters. The normalized spacial score (nSPS) is 17.1. The van der Waals surface area contributed by atoms with Crippen LogP contribution in [0.15, 0.2) is 91.2 Å². The lowest BCUT2D eigenvalue weighted by Gasteiger charge is -2.12. The molecule has 1 fully saturated rings. The molecule has 3 heterocycles. The molecule has 0 saturated carbocycles. The van der Waals surface area contributed by atoms with Crippen molar-refractivity contribution >= 4 is 51.1 Å². The molecule has 0 N–H and O–H groups in total. The Labute approximate surface area is 180 Å². The molecule has 1 aromatic carbocycles. The van der Waals surface area contributed by atoms with Gasteiger partial charge in [0, 0.05) is 22.4 Å². The van der Waals surface area contributed by atoms with Crippen LogP contribution in [-0.2, 0) is 11.3 Å². The van der Waals surface area contributed by atoms with E-state index in [1.54, 1.807) is 35.8 Å². The number of thioether (sulfide) groups is 1. The minimum Gasteiger partial charge on any atom is -0.467 e. The first-order valence-corrected chi connectivity index (χ1v) is 10.3. The van der Waals surface area contributed by atoms with Gasteiger partial charge in [-0.2, -0.15) is 5.10 Å². The smallest absolute Gasteiger partial charge is 0.267 e. The van der Waals surface area contributed by atoms with Gasteiger partial charge in [-0.1, -0.05) is 34.1 Å². The Bertz CT molecular complexity index is 1080. The highest BCUT2D eigenvalue weighted by atomic mass is 79.9. The molecule has 4 rings (SSSR count). The van der Waals surface area contributed by atoms with E-state index in [2.05, 4.69) is 31.1 Å². The lowest BCUT2D eigenvalue weighted by Crippen LogP contribution is -2.28. The van der Waals surface area contributed by atoms with Crippen molar-refractivity contribution in [3.05, 3.63) is 93.5 Å². The molecule has 1 aliphatic heterocycles. The minimum atomic E-state index is -0.135. The third-order valence-electron chi connectivity index (χ3n) is 3.98. The van der Waals surface area contributed by atoms with Crippen LogP contribution in [0.25, 0.3) is 6.08 Å². The Hall–Kier alpha value is -2.97. The number of hydrogen-bond acceptors (Lipinski definition) is 6. The zero-order valence-electron chi connectivity index (χ0n) is 15.1. The highest BCUT2D eigenvalue weighted by Crippen LogP contribution is 2.34. The van der Waals surface area contributed by atoms with Crippen LogP contribution >= 0.6 is 27.7 Å². The van der Waals surface area contributed by atoms with Crippen molar-refractivity contribution in [3.63, 3.8) is 0 Å². The number of hydrogen-bond donors (Lipinski definition) is 0. The number of pyridine rings is 1. The van der Waals surface area contributed by atoms with Gasteiger partial charge in [0.1, 0.15) is 5.76 Å². The molecular weight excluding hydrogens is 452 g/mol. The van der Waals surface area contributed by atoms with Crippen LogP contribution in [0.5, 0.6) is 0 Å². The average Bonchev–Trinajstić information content (AvgIpc) is 3.35. The van der Waals surface area contributed by atoms with Gasteiger partial charge in [0.25, 0.3) is 5.91 Å². The number of amides is 1. The summed E-state index contributed by atoms with van der Waals surface area (Å²) < 4.78 is 6.39. The van der Waals surface area contributed by atoms with E-state index in [1.165, 1.54) is 11.8 Å². The molecule has 1 saturated heterocycles. The van der Waals surface area contributed by atoms with E-state index < -0.39 is 0 Å². The average molecular weight is 467 g/mol. The van der Waals surface area contributed by atoms with E-state index in [9.17, 15) is 4.79 Å². The number of nitrogens with zero attached hydrogens (tertiary/aromatic N) is 4. The van der Waals surface area contributed by atoms with Crippen molar-refractivity contribution in [2.45, 2.75) is 6.54 Å². The molecule has 0 bridgehead atoms. The third-order valence-corrected chi connectivity index (χ3v) is 5.51. The molecule has 2 aromatic heterocycles. The van der Waals surface area contributed by atoms with Gasteiger partial charge < -0.3 is 4.42 Å². The number of rotatable bonds is 5. The fraction of sp³-hybridized carbons (Fsp3) is 0.0476. The van der Waals surface area contributed by atoms with Crippen LogP contribution in [0.2, 0.25) is 0 Å². The summed E-state index contributed by atoms with van der Waals surface area (Å²) in [6, 6.07) is 15.1. The van der Waals surface area contributed by atoms with Gasteiger partial charge in [-0.25, -0.2) is 0 Å². The van der Waals surface area contributed by atoms with Crippen molar-refractivity contribution in [1.82, 2.24) is 9.88 Å². The lowest BCUT2D eigenvalue weighted by molar-refractivity contribution is -0.122. The van der Waals surface area contributed by atoms with Gasteiger partial charge in [0.15, 0.2) is 5.17 Å². The minimum absolute atomic E-state index is 0.135. The molecular formula is C21H15BrN4O2S. The van der Waals surface area contributed by atoms with Crippen molar-refractivity contribution < 1.29 is 9.21 Å². The van der Waals surface area contributed by atoms with E-state index in [-0.39, 0.29) is 12.5 Å². The Balaban J connectivity index is 1.61. The number of benzene rings is 1. The Morgan fingerprint density at radius 2 is 2.00 bits per heavy atom. The summed E-state index contributed by atoms with van der Waals surface area (Å²) in [4.78, 5) is 19.2. The largest absolute Gasteiger partial charge is 0.467 e. The van der Waals surface area contributed by atoms with Crippen LogP contribution in [0, 0.1) is 0 Å². The van der Waals surface area contributed by atoms with Crippen LogP contribution in [0.1, 0.15) is 16.9 Å². The zero-order chi connectivity index (χ0) is 20.1. The molecule has 6 nitrogen and oxygen atoms in total. The summed E-state index contributed by atoms with van der Waals surface area (Å²) in [6.07, 6.45) is 8.42. The topological polar surface area (TPSA) is 71.1 Å². The summed E-state index contributed by atoms with van der Waals surface area (Å²) in [5.41, 5.74) is 1.76. The highest BCUT2D eigenvalue weighted by molar-refractivity contribution is 9.10. The van der Waals surface area contributed by atoms with Crippen molar-refractivity contribution in [3.8, 4) is 0 Å². The Morgan fingerprint density at radius 3 is 2.72 bits per heavy atom. The Kier molecular flexibility index (Phi) is 6.02. The van der Waals surface area contributed by atoms with E-state index >= 15 is 0 Å². The number of carbonyl (C=O) groups excluding carboxylic acids is 1. The Morgan fingerprint density at radius 1 is 1.14 bits per heavy atom. The fourth-order valence-corrected chi connectivity index (χ4v) is 3.79. The molecule has 0 spiro atoms. The summed E-state index contributed by atoms with van der Waals surface area (Å²) in [5.74, 6) is 0.539. The molecule has 8 heteroatoms. The second kappa shape index (κ2) is 9.02. The molecule has 0 unspecified atom stereocenters. The van der Waals surface area contributed by atoms with Gasteiger partial charge in [0.05, 0.1) is 23.9 Å². The molecule has 144 valence electrons. The van der Waals surface area contributed by atoms with Gasteiger partial charge >= 0.3 is 0 Å². The molecule has 3 aromatic rings. The summed E-state index contributed by atoms with van der Waals surface area (Å²) >= 11 is 4.71. The standard InChI is InChI=1S/C21H15BrN4O2S/c22-17-7-5-15(6-8-17)11-19-20(27)26(14-18-4-2-10-28-18)21(29-19)25-24-13-16-3-1-9-23-12-16/h1-13H,14H2/b19-11-,24-13-,25-21+. The third kappa shape index (κ3) is 4.90. The number of carbonyl (C=O) groups is 1. The molecule has 1 amide bonds. The lowest BCUT2D eigenvalue weighted by atomic mass is 10.2. The molecule has 1 aliphatic rings. The summed E-state index contributed by atoms with van der Waals surface area (Å²) in [5, 5.41) is 8.90. The van der Waals surface area contributed by atoms with Crippen molar-refractivity contribution in [1.29, 1.82) is 0 Å². The predicted octanol–water partition coefficient (Wildman–Crippen LogP) is 4.94. The van der Waals surface area contributed by atoms with E-state index in [1.807, 2.05) is 48.5 Å². The second-order valence-corrected chi connectivity index (χ2v) is 7.97. The number of furan rings is 1. The predicted molar refractivity (Wildman–Crippen MR) is 118 cm³/mol.